The minimum atomic E-state index is 0.341. The van der Waals surface area contributed by atoms with Gasteiger partial charge >= 0.3 is 0 Å². The molecule has 0 aromatic heterocycles. The highest BCUT2D eigenvalue weighted by molar-refractivity contribution is 6.30. The molecule has 1 aliphatic rings. The van der Waals surface area contributed by atoms with Crippen molar-refractivity contribution in [3.05, 3.63) is 29.3 Å². The van der Waals surface area contributed by atoms with Crippen molar-refractivity contribution in [1.82, 2.24) is 5.32 Å². The summed E-state index contributed by atoms with van der Waals surface area (Å²) in [5, 5.41) is 7.44. The van der Waals surface area contributed by atoms with Gasteiger partial charge in [0, 0.05) is 30.3 Å². The number of ether oxygens (including phenoxy) is 1. The second kappa shape index (κ2) is 6.09. The number of halogens is 1. The van der Waals surface area contributed by atoms with Gasteiger partial charge in [-0.05, 0) is 30.7 Å². The number of rotatable bonds is 4. The Morgan fingerprint density at radius 2 is 2.19 bits per heavy atom. The molecule has 1 saturated heterocycles. The third kappa shape index (κ3) is 3.67. The fourth-order valence-corrected chi connectivity index (χ4v) is 1.88. The zero-order valence-electron chi connectivity index (χ0n) is 9.21. The van der Waals surface area contributed by atoms with E-state index in [0.717, 1.165) is 43.4 Å². The van der Waals surface area contributed by atoms with E-state index in [1.807, 2.05) is 24.3 Å². The van der Waals surface area contributed by atoms with Crippen LogP contribution in [0.5, 0.6) is 0 Å². The molecule has 0 spiro atoms. The molecule has 0 amide bonds. The average molecular weight is 241 g/mol. The SMILES string of the molecule is Clc1ccc(NCCC2CNCCO2)cc1. The number of nitrogens with one attached hydrogen (secondary N) is 2. The van der Waals surface area contributed by atoms with Crippen LogP contribution in [0, 0.1) is 0 Å². The van der Waals surface area contributed by atoms with E-state index in [1.165, 1.54) is 0 Å². The van der Waals surface area contributed by atoms with Gasteiger partial charge in [0.25, 0.3) is 0 Å². The molecule has 1 aliphatic heterocycles. The Hall–Kier alpha value is -0.770. The molecule has 1 fully saturated rings. The first-order valence-electron chi connectivity index (χ1n) is 5.66. The second-order valence-electron chi connectivity index (χ2n) is 3.92. The van der Waals surface area contributed by atoms with E-state index in [9.17, 15) is 0 Å². The van der Waals surface area contributed by atoms with Gasteiger partial charge in [0.2, 0.25) is 0 Å². The minimum absolute atomic E-state index is 0.341. The fourth-order valence-electron chi connectivity index (χ4n) is 1.75. The van der Waals surface area contributed by atoms with Crippen LogP contribution in [-0.2, 0) is 4.74 Å². The van der Waals surface area contributed by atoms with Gasteiger partial charge in [-0.15, -0.1) is 0 Å². The Labute approximate surface area is 101 Å². The summed E-state index contributed by atoms with van der Waals surface area (Å²) in [5.41, 5.74) is 1.10. The number of hydrogen-bond donors (Lipinski definition) is 2. The smallest absolute Gasteiger partial charge is 0.0716 e. The van der Waals surface area contributed by atoms with Gasteiger partial charge in [-0.3, -0.25) is 0 Å². The van der Waals surface area contributed by atoms with Crippen LogP contribution in [0.4, 0.5) is 5.69 Å². The zero-order chi connectivity index (χ0) is 11.2. The summed E-state index contributed by atoms with van der Waals surface area (Å²) in [6.07, 6.45) is 1.36. The summed E-state index contributed by atoms with van der Waals surface area (Å²) in [6.45, 7) is 3.68. The Morgan fingerprint density at radius 1 is 1.38 bits per heavy atom. The minimum Gasteiger partial charge on any atom is -0.385 e. The lowest BCUT2D eigenvalue weighted by molar-refractivity contribution is 0.0258. The van der Waals surface area contributed by atoms with Crippen molar-refractivity contribution in [2.75, 3.05) is 31.6 Å². The van der Waals surface area contributed by atoms with Crippen LogP contribution in [-0.4, -0.2) is 32.3 Å². The number of anilines is 1. The summed E-state index contributed by atoms with van der Waals surface area (Å²) in [6, 6.07) is 7.76. The van der Waals surface area contributed by atoms with Gasteiger partial charge in [-0.2, -0.15) is 0 Å². The standard InChI is InChI=1S/C12H17ClN2O/c13-10-1-3-11(4-2-10)15-6-5-12-9-14-7-8-16-12/h1-4,12,14-15H,5-9H2. The molecule has 1 atom stereocenters. The average Bonchev–Trinajstić information content (AvgIpc) is 2.33. The first-order valence-corrected chi connectivity index (χ1v) is 6.04. The summed E-state index contributed by atoms with van der Waals surface area (Å²) >= 11 is 5.81. The highest BCUT2D eigenvalue weighted by Crippen LogP contribution is 2.13. The molecule has 0 aliphatic carbocycles. The first-order chi connectivity index (χ1) is 7.84. The normalized spacial score (nSPS) is 20.7. The van der Waals surface area contributed by atoms with Crippen molar-refractivity contribution in [2.24, 2.45) is 0 Å². The molecule has 1 aromatic rings. The van der Waals surface area contributed by atoms with Crippen LogP contribution in [0.3, 0.4) is 0 Å². The van der Waals surface area contributed by atoms with E-state index in [1.54, 1.807) is 0 Å². The lowest BCUT2D eigenvalue weighted by Crippen LogP contribution is -2.39. The molecule has 4 heteroatoms. The third-order valence-electron chi connectivity index (χ3n) is 2.64. The monoisotopic (exact) mass is 240 g/mol. The molecule has 2 rings (SSSR count). The van der Waals surface area contributed by atoms with Crippen molar-refractivity contribution < 1.29 is 4.74 Å². The molecular formula is C12H17ClN2O. The van der Waals surface area contributed by atoms with Crippen LogP contribution in [0.15, 0.2) is 24.3 Å². The lowest BCUT2D eigenvalue weighted by Gasteiger charge is -2.23. The summed E-state index contributed by atoms with van der Waals surface area (Å²) < 4.78 is 5.61. The zero-order valence-corrected chi connectivity index (χ0v) is 9.96. The highest BCUT2D eigenvalue weighted by Gasteiger charge is 2.12. The van der Waals surface area contributed by atoms with Crippen molar-refractivity contribution >= 4 is 17.3 Å². The lowest BCUT2D eigenvalue weighted by atomic mass is 10.2. The predicted octanol–water partition coefficient (Wildman–Crippen LogP) is 2.13. The predicted molar refractivity (Wildman–Crippen MR) is 67.2 cm³/mol. The van der Waals surface area contributed by atoms with Gasteiger partial charge in [0.15, 0.2) is 0 Å². The largest absolute Gasteiger partial charge is 0.385 e. The molecule has 88 valence electrons. The molecule has 16 heavy (non-hydrogen) atoms. The molecule has 0 bridgehead atoms. The Bertz CT molecular complexity index is 309. The molecule has 0 saturated carbocycles. The van der Waals surface area contributed by atoms with E-state index in [2.05, 4.69) is 10.6 Å². The van der Waals surface area contributed by atoms with Crippen molar-refractivity contribution in [3.63, 3.8) is 0 Å². The molecule has 3 nitrogen and oxygen atoms in total. The van der Waals surface area contributed by atoms with Gasteiger partial charge in [-0.1, -0.05) is 11.6 Å². The van der Waals surface area contributed by atoms with Crippen LogP contribution in [0.25, 0.3) is 0 Å². The summed E-state index contributed by atoms with van der Waals surface area (Å²) in [5.74, 6) is 0. The van der Waals surface area contributed by atoms with Crippen LogP contribution >= 0.6 is 11.6 Å². The molecular weight excluding hydrogens is 224 g/mol. The maximum Gasteiger partial charge on any atom is 0.0716 e. The van der Waals surface area contributed by atoms with Gasteiger partial charge in [0.05, 0.1) is 12.7 Å². The Balaban J connectivity index is 1.69. The van der Waals surface area contributed by atoms with Crippen molar-refractivity contribution in [1.29, 1.82) is 0 Å². The fraction of sp³-hybridized carbons (Fsp3) is 0.500. The quantitative estimate of drug-likeness (QED) is 0.846. The highest BCUT2D eigenvalue weighted by atomic mass is 35.5. The summed E-state index contributed by atoms with van der Waals surface area (Å²) in [4.78, 5) is 0. The number of morpholine rings is 1. The topological polar surface area (TPSA) is 33.3 Å². The second-order valence-corrected chi connectivity index (χ2v) is 4.36. The maximum absolute atomic E-state index is 5.81. The molecule has 1 heterocycles. The Kier molecular flexibility index (Phi) is 4.45. The first kappa shape index (κ1) is 11.7. The van der Waals surface area contributed by atoms with Crippen LogP contribution in [0.1, 0.15) is 6.42 Å². The number of benzene rings is 1. The molecule has 1 aromatic carbocycles. The van der Waals surface area contributed by atoms with E-state index in [4.69, 9.17) is 16.3 Å². The van der Waals surface area contributed by atoms with Gasteiger partial charge < -0.3 is 15.4 Å². The van der Waals surface area contributed by atoms with Crippen molar-refractivity contribution in [3.8, 4) is 0 Å². The molecule has 0 radical (unpaired) electrons. The van der Waals surface area contributed by atoms with Crippen LogP contribution in [0.2, 0.25) is 5.02 Å². The third-order valence-corrected chi connectivity index (χ3v) is 2.90. The van der Waals surface area contributed by atoms with E-state index < -0.39 is 0 Å². The summed E-state index contributed by atoms with van der Waals surface area (Å²) in [7, 11) is 0. The molecule has 1 unspecified atom stereocenters. The Morgan fingerprint density at radius 3 is 2.88 bits per heavy atom. The van der Waals surface area contributed by atoms with E-state index >= 15 is 0 Å². The van der Waals surface area contributed by atoms with Crippen molar-refractivity contribution in [2.45, 2.75) is 12.5 Å². The number of hydrogen-bond acceptors (Lipinski definition) is 3. The van der Waals surface area contributed by atoms with Crippen LogP contribution < -0.4 is 10.6 Å². The van der Waals surface area contributed by atoms with E-state index in [-0.39, 0.29) is 0 Å². The van der Waals surface area contributed by atoms with E-state index in [0.29, 0.717) is 6.10 Å². The van der Waals surface area contributed by atoms with Gasteiger partial charge in [0.1, 0.15) is 0 Å². The maximum atomic E-state index is 5.81. The van der Waals surface area contributed by atoms with Gasteiger partial charge in [-0.25, -0.2) is 0 Å². The molecule has 2 N–H and O–H groups in total.